The molecule has 0 heterocycles. The second-order valence-electron chi connectivity index (χ2n) is 4.01. The Bertz CT molecular complexity index is 388. The van der Waals surface area contributed by atoms with Crippen molar-refractivity contribution in [3.63, 3.8) is 0 Å². The lowest BCUT2D eigenvalue weighted by Crippen LogP contribution is -2.20. The van der Waals surface area contributed by atoms with Crippen LogP contribution in [0.4, 0.5) is 0 Å². The lowest BCUT2D eigenvalue weighted by molar-refractivity contribution is -0.0890. The van der Waals surface area contributed by atoms with Crippen LogP contribution in [-0.4, -0.2) is 25.9 Å². The molecular weight excluding hydrogens is 263 g/mol. The predicted molar refractivity (Wildman–Crippen MR) is 76.4 cm³/mol. The molecule has 0 saturated carbocycles. The van der Waals surface area contributed by atoms with Gasteiger partial charge in [-0.1, -0.05) is 30.3 Å². The van der Waals surface area contributed by atoms with E-state index in [9.17, 15) is 4.57 Å². The molecule has 0 aliphatic carbocycles. The van der Waals surface area contributed by atoms with Crippen LogP contribution in [0.3, 0.4) is 0 Å². The average Bonchev–Trinajstić information content (AvgIpc) is 2.40. The summed E-state index contributed by atoms with van der Waals surface area (Å²) in [6, 6.07) is 8.84. The lowest BCUT2D eigenvalue weighted by atomic mass is 10.2. The van der Waals surface area contributed by atoms with Gasteiger partial charge in [0.05, 0.1) is 12.8 Å². The second-order valence-corrected chi connectivity index (χ2v) is 6.45. The van der Waals surface area contributed by atoms with Crippen molar-refractivity contribution in [2.45, 2.75) is 33.0 Å². The fourth-order valence-electron chi connectivity index (χ4n) is 1.80. The first-order chi connectivity index (χ1) is 9.16. The van der Waals surface area contributed by atoms with E-state index in [1.165, 1.54) is 0 Å². The van der Waals surface area contributed by atoms with Gasteiger partial charge in [-0.25, -0.2) is 0 Å². The molecule has 0 fully saturated rings. The Balaban J connectivity index is 2.90. The number of benzene rings is 1. The summed E-state index contributed by atoms with van der Waals surface area (Å²) in [5.41, 5.74) is 0.962. The molecular formula is C14H23O4P. The van der Waals surface area contributed by atoms with Gasteiger partial charge in [0.15, 0.2) is 0 Å². The Morgan fingerprint density at radius 1 is 1.00 bits per heavy atom. The average molecular weight is 286 g/mol. The molecule has 0 saturated heterocycles. The summed E-state index contributed by atoms with van der Waals surface area (Å²) in [5, 5.41) is 0. The summed E-state index contributed by atoms with van der Waals surface area (Å²) >= 11 is 0. The Morgan fingerprint density at radius 2 is 1.58 bits per heavy atom. The van der Waals surface area contributed by atoms with Gasteiger partial charge in [-0.05, 0) is 26.3 Å². The molecule has 1 aromatic carbocycles. The van der Waals surface area contributed by atoms with E-state index in [1.807, 2.05) is 51.1 Å². The van der Waals surface area contributed by atoms with Gasteiger partial charge in [0.1, 0.15) is 0 Å². The number of rotatable bonds is 9. The zero-order valence-electron chi connectivity index (χ0n) is 11.9. The maximum atomic E-state index is 13.0. The quantitative estimate of drug-likeness (QED) is 0.511. The smallest absolute Gasteiger partial charge is 0.261 e. The minimum atomic E-state index is -3.03. The van der Waals surface area contributed by atoms with Crippen molar-refractivity contribution in [3.8, 4) is 0 Å². The SMILES string of the molecule is CCOC(OCC)[P@@](=O)(Cc1ccccc1)OCC. The maximum Gasteiger partial charge on any atom is 0.261 e. The predicted octanol–water partition coefficient (Wildman–Crippen LogP) is 3.86. The number of hydrogen-bond acceptors (Lipinski definition) is 4. The molecule has 19 heavy (non-hydrogen) atoms. The molecule has 0 aromatic heterocycles. The van der Waals surface area contributed by atoms with Crippen LogP contribution >= 0.6 is 7.37 Å². The molecule has 0 unspecified atom stereocenters. The fraction of sp³-hybridized carbons (Fsp3) is 0.571. The van der Waals surface area contributed by atoms with Crippen LogP contribution in [0.2, 0.25) is 0 Å². The topological polar surface area (TPSA) is 44.8 Å². The van der Waals surface area contributed by atoms with Gasteiger partial charge < -0.3 is 14.0 Å². The van der Waals surface area contributed by atoms with Crippen LogP contribution in [0.15, 0.2) is 30.3 Å². The van der Waals surface area contributed by atoms with Gasteiger partial charge in [-0.3, -0.25) is 4.57 Å². The van der Waals surface area contributed by atoms with Crippen molar-refractivity contribution in [3.05, 3.63) is 35.9 Å². The van der Waals surface area contributed by atoms with Crippen LogP contribution in [0.1, 0.15) is 26.3 Å². The molecule has 0 spiro atoms. The number of hydrogen-bond donors (Lipinski definition) is 0. The highest BCUT2D eigenvalue weighted by Crippen LogP contribution is 2.55. The summed E-state index contributed by atoms with van der Waals surface area (Å²) in [6.07, 6.45) is 0.326. The summed E-state index contributed by atoms with van der Waals surface area (Å²) in [6.45, 7) is 6.79. The Hall–Kier alpha value is -0.670. The van der Waals surface area contributed by atoms with Gasteiger partial charge in [0.2, 0.25) is 6.03 Å². The molecule has 0 aliphatic heterocycles. The molecule has 0 N–H and O–H groups in total. The highest BCUT2D eigenvalue weighted by molar-refractivity contribution is 7.58. The fourth-order valence-corrected chi connectivity index (χ4v) is 4.07. The minimum absolute atomic E-state index is 0.326. The van der Waals surface area contributed by atoms with E-state index < -0.39 is 13.4 Å². The van der Waals surface area contributed by atoms with Crippen molar-refractivity contribution >= 4 is 7.37 Å². The van der Waals surface area contributed by atoms with E-state index in [4.69, 9.17) is 14.0 Å². The van der Waals surface area contributed by atoms with Gasteiger partial charge in [0.25, 0.3) is 7.37 Å². The first-order valence-corrected chi connectivity index (χ1v) is 8.54. The largest absolute Gasteiger partial charge is 0.345 e. The number of ether oxygens (including phenoxy) is 2. The van der Waals surface area contributed by atoms with E-state index in [-0.39, 0.29) is 0 Å². The summed E-state index contributed by atoms with van der Waals surface area (Å²) in [4.78, 5) is 0. The standard InChI is InChI=1S/C14H23O4P/c1-4-16-14(17-5-2)19(15,18-6-3)12-13-10-8-7-9-11-13/h7-11,14H,4-6,12H2,1-3H3/t19-/m1/s1. The molecule has 0 aliphatic rings. The normalized spacial score (nSPS) is 14.5. The first kappa shape index (κ1) is 16.4. The monoisotopic (exact) mass is 286 g/mol. The molecule has 0 bridgehead atoms. The van der Waals surface area contributed by atoms with Crippen molar-refractivity contribution in [2.24, 2.45) is 0 Å². The van der Waals surface area contributed by atoms with E-state index >= 15 is 0 Å². The summed E-state index contributed by atoms with van der Waals surface area (Å²) < 4.78 is 29.4. The molecule has 4 nitrogen and oxygen atoms in total. The van der Waals surface area contributed by atoms with Gasteiger partial charge in [0, 0.05) is 13.2 Å². The summed E-state index contributed by atoms with van der Waals surface area (Å²) in [7, 11) is -3.03. The molecule has 5 heteroatoms. The minimum Gasteiger partial charge on any atom is -0.345 e. The van der Waals surface area contributed by atoms with Crippen molar-refractivity contribution in [1.82, 2.24) is 0 Å². The molecule has 0 radical (unpaired) electrons. The van der Waals surface area contributed by atoms with Gasteiger partial charge >= 0.3 is 0 Å². The third-order valence-electron chi connectivity index (χ3n) is 2.53. The second kappa shape index (κ2) is 8.49. The van der Waals surface area contributed by atoms with Crippen molar-refractivity contribution in [1.29, 1.82) is 0 Å². The van der Waals surface area contributed by atoms with Crippen LogP contribution in [0, 0.1) is 0 Å². The Labute approximate surface area is 115 Å². The van der Waals surface area contributed by atoms with Crippen LogP contribution in [0.25, 0.3) is 0 Å². The van der Waals surface area contributed by atoms with Crippen molar-refractivity contribution < 1.29 is 18.6 Å². The molecule has 1 rings (SSSR count). The van der Waals surface area contributed by atoms with Crippen LogP contribution in [-0.2, 0) is 24.7 Å². The molecule has 1 atom stereocenters. The zero-order chi connectivity index (χ0) is 14.1. The Morgan fingerprint density at radius 3 is 2.05 bits per heavy atom. The first-order valence-electron chi connectivity index (χ1n) is 6.66. The third kappa shape index (κ3) is 5.07. The molecule has 1 aromatic rings. The van der Waals surface area contributed by atoms with Crippen LogP contribution < -0.4 is 0 Å². The highest BCUT2D eigenvalue weighted by Gasteiger charge is 2.35. The highest BCUT2D eigenvalue weighted by atomic mass is 31.2. The van der Waals surface area contributed by atoms with E-state index in [0.29, 0.717) is 26.0 Å². The zero-order valence-corrected chi connectivity index (χ0v) is 12.8. The summed E-state index contributed by atoms with van der Waals surface area (Å²) in [5.74, 6) is 0. The van der Waals surface area contributed by atoms with Gasteiger partial charge in [-0.2, -0.15) is 0 Å². The third-order valence-corrected chi connectivity index (χ3v) is 4.97. The van der Waals surface area contributed by atoms with Crippen LogP contribution in [0.5, 0.6) is 0 Å². The van der Waals surface area contributed by atoms with E-state index in [1.54, 1.807) is 0 Å². The molecule has 108 valence electrons. The maximum absolute atomic E-state index is 13.0. The Kier molecular flexibility index (Phi) is 7.32. The van der Waals surface area contributed by atoms with Crippen molar-refractivity contribution in [2.75, 3.05) is 19.8 Å². The lowest BCUT2D eigenvalue weighted by Gasteiger charge is -2.26. The van der Waals surface area contributed by atoms with Gasteiger partial charge in [-0.15, -0.1) is 0 Å². The van der Waals surface area contributed by atoms with E-state index in [0.717, 1.165) is 5.56 Å². The van der Waals surface area contributed by atoms with E-state index in [2.05, 4.69) is 0 Å². The molecule has 0 amide bonds.